The number of hydrogen-bond donors (Lipinski definition) is 2. The molecule has 0 unspecified atom stereocenters. The zero-order valence-electron chi connectivity index (χ0n) is 9.42. The summed E-state index contributed by atoms with van der Waals surface area (Å²) in [5, 5.41) is 11.3. The molecule has 6 nitrogen and oxygen atoms in total. The molecule has 0 bridgehead atoms. The number of nitrogens with two attached hydrogens (primary N) is 1. The minimum Gasteiger partial charge on any atom is -0.497 e. The number of ether oxygens (including phenoxy) is 1. The third-order valence-electron chi connectivity index (χ3n) is 2.28. The standard InChI is InChI=1S/C11H13N5O/c1-17-9-4-2-8(3-5-9)6-16-7-14-11(15-16)10(12)13/h2-5,7H,6H2,1H3,(H3,12,13). The number of nitrogens with one attached hydrogen (secondary N) is 1. The second-order valence-corrected chi connectivity index (χ2v) is 3.53. The highest BCUT2D eigenvalue weighted by Gasteiger charge is 2.03. The monoisotopic (exact) mass is 231 g/mol. The van der Waals surface area contributed by atoms with Crippen molar-refractivity contribution in [3.8, 4) is 5.75 Å². The zero-order chi connectivity index (χ0) is 12.3. The summed E-state index contributed by atoms with van der Waals surface area (Å²) in [7, 11) is 1.63. The molecule has 2 aromatic rings. The van der Waals surface area contributed by atoms with E-state index in [1.165, 1.54) is 0 Å². The fourth-order valence-electron chi connectivity index (χ4n) is 1.41. The Balaban J connectivity index is 2.11. The van der Waals surface area contributed by atoms with Gasteiger partial charge >= 0.3 is 0 Å². The maximum absolute atomic E-state index is 7.20. The molecular formula is C11H13N5O. The predicted molar refractivity (Wildman–Crippen MR) is 63.1 cm³/mol. The fourth-order valence-corrected chi connectivity index (χ4v) is 1.41. The molecule has 17 heavy (non-hydrogen) atoms. The smallest absolute Gasteiger partial charge is 0.215 e. The second kappa shape index (κ2) is 4.65. The molecule has 0 aliphatic rings. The molecule has 0 atom stereocenters. The molecular weight excluding hydrogens is 218 g/mol. The maximum Gasteiger partial charge on any atom is 0.215 e. The molecule has 0 amide bonds. The highest BCUT2D eigenvalue weighted by Crippen LogP contribution is 2.11. The first kappa shape index (κ1) is 11.1. The van der Waals surface area contributed by atoms with Crippen LogP contribution in [0.25, 0.3) is 0 Å². The Kier molecular flexibility index (Phi) is 3.04. The number of rotatable bonds is 4. The lowest BCUT2D eigenvalue weighted by atomic mass is 10.2. The molecule has 0 radical (unpaired) electrons. The number of hydrogen-bond acceptors (Lipinski definition) is 4. The summed E-state index contributed by atoms with van der Waals surface area (Å²) in [5.74, 6) is 0.939. The van der Waals surface area contributed by atoms with Crippen LogP contribution in [0.5, 0.6) is 5.75 Å². The highest BCUT2D eigenvalue weighted by molar-refractivity contribution is 5.90. The highest BCUT2D eigenvalue weighted by atomic mass is 16.5. The van der Waals surface area contributed by atoms with Gasteiger partial charge in [-0.2, -0.15) is 0 Å². The molecule has 0 aliphatic carbocycles. The van der Waals surface area contributed by atoms with Gasteiger partial charge in [0.25, 0.3) is 0 Å². The van der Waals surface area contributed by atoms with E-state index in [0.717, 1.165) is 11.3 Å². The van der Waals surface area contributed by atoms with Gasteiger partial charge in [0.2, 0.25) is 5.82 Å². The van der Waals surface area contributed by atoms with Crippen LogP contribution >= 0.6 is 0 Å². The van der Waals surface area contributed by atoms with Crippen molar-refractivity contribution in [1.82, 2.24) is 14.8 Å². The van der Waals surface area contributed by atoms with Crippen LogP contribution in [-0.4, -0.2) is 27.7 Å². The van der Waals surface area contributed by atoms with Crippen molar-refractivity contribution < 1.29 is 4.74 Å². The molecule has 0 fully saturated rings. The van der Waals surface area contributed by atoms with Crippen LogP contribution in [0, 0.1) is 5.41 Å². The molecule has 1 heterocycles. The largest absolute Gasteiger partial charge is 0.497 e. The Hall–Kier alpha value is -2.37. The number of nitrogen functional groups attached to an aromatic ring is 1. The van der Waals surface area contributed by atoms with Gasteiger partial charge in [-0.3, -0.25) is 5.41 Å². The third-order valence-corrected chi connectivity index (χ3v) is 2.28. The van der Waals surface area contributed by atoms with E-state index in [1.807, 2.05) is 24.3 Å². The molecule has 2 rings (SSSR count). The van der Waals surface area contributed by atoms with Crippen LogP contribution in [0.1, 0.15) is 11.4 Å². The lowest BCUT2D eigenvalue weighted by Gasteiger charge is -2.03. The Labute approximate surface area is 98.5 Å². The molecule has 1 aromatic heterocycles. The summed E-state index contributed by atoms with van der Waals surface area (Å²) in [6.07, 6.45) is 1.56. The van der Waals surface area contributed by atoms with E-state index in [1.54, 1.807) is 18.1 Å². The van der Waals surface area contributed by atoms with E-state index in [0.29, 0.717) is 6.54 Å². The predicted octanol–water partition coefficient (Wildman–Crippen LogP) is 0.619. The summed E-state index contributed by atoms with van der Waals surface area (Å²) in [6.45, 7) is 0.588. The minimum atomic E-state index is -0.126. The average Bonchev–Trinajstić information content (AvgIpc) is 2.79. The molecule has 0 saturated carbocycles. The second-order valence-electron chi connectivity index (χ2n) is 3.53. The molecule has 0 aliphatic heterocycles. The Morgan fingerprint density at radius 3 is 2.65 bits per heavy atom. The molecule has 0 saturated heterocycles. The van der Waals surface area contributed by atoms with Gasteiger partial charge in [-0.1, -0.05) is 12.1 Å². The molecule has 88 valence electrons. The third kappa shape index (κ3) is 2.60. The van der Waals surface area contributed by atoms with Crippen molar-refractivity contribution in [2.24, 2.45) is 5.73 Å². The SMILES string of the molecule is COc1ccc(Cn2cnc(C(=N)N)n2)cc1. The van der Waals surface area contributed by atoms with Gasteiger partial charge in [-0.15, -0.1) is 5.10 Å². The van der Waals surface area contributed by atoms with Gasteiger partial charge in [0, 0.05) is 0 Å². The topological polar surface area (TPSA) is 89.8 Å². The van der Waals surface area contributed by atoms with Crippen LogP contribution in [-0.2, 0) is 6.54 Å². The first-order chi connectivity index (χ1) is 8.19. The van der Waals surface area contributed by atoms with E-state index in [4.69, 9.17) is 15.9 Å². The Morgan fingerprint density at radius 2 is 2.12 bits per heavy atom. The van der Waals surface area contributed by atoms with Crippen molar-refractivity contribution in [3.63, 3.8) is 0 Å². The maximum atomic E-state index is 7.20. The molecule has 3 N–H and O–H groups in total. The van der Waals surface area contributed by atoms with E-state index in [-0.39, 0.29) is 11.7 Å². The van der Waals surface area contributed by atoms with Crippen molar-refractivity contribution in [2.75, 3.05) is 7.11 Å². The fraction of sp³-hybridized carbons (Fsp3) is 0.182. The van der Waals surface area contributed by atoms with Crippen LogP contribution in [0.2, 0.25) is 0 Å². The van der Waals surface area contributed by atoms with Gasteiger partial charge < -0.3 is 10.5 Å². The number of aromatic nitrogens is 3. The minimum absolute atomic E-state index is 0.126. The average molecular weight is 231 g/mol. The molecule has 0 spiro atoms. The normalized spacial score (nSPS) is 10.2. The first-order valence-corrected chi connectivity index (χ1v) is 5.06. The number of amidine groups is 1. The van der Waals surface area contributed by atoms with E-state index < -0.39 is 0 Å². The van der Waals surface area contributed by atoms with Crippen LogP contribution in [0.3, 0.4) is 0 Å². The lowest BCUT2D eigenvalue weighted by molar-refractivity contribution is 0.414. The number of methoxy groups -OCH3 is 1. The number of nitrogens with zero attached hydrogens (tertiary/aromatic N) is 3. The van der Waals surface area contributed by atoms with Crippen LogP contribution in [0.15, 0.2) is 30.6 Å². The summed E-state index contributed by atoms with van der Waals surface area (Å²) in [5.41, 5.74) is 6.36. The van der Waals surface area contributed by atoms with Crippen molar-refractivity contribution in [1.29, 1.82) is 5.41 Å². The first-order valence-electron chi connectivity index (χ1n) is 5.06. The van der Waals surface area contributed by atoms with E-state index in [2.05, 4.69) is 10.1 Å². The summed E-state index contributed by atoms with van der Waals surface area (Å²) in [6, 6.07) is 7.68. The summed E-state index contributed by atoms with van der Waals surface area (Å²) < 4.78 is 6.71. The van der Waals surface area contributed by atoms with Crippen LogP contribution < -0.4 is 10.5 Å². The summed E-state index contributed by atoms with van der Waals surface area (Å²) in [4.78, 5) is 3.92. The van der Waals surface area contributed by atoms with Gasteiger partial charge in [0.1, 0.15) is 12.1 Å². The lowest BCUT2D eigenvalue weighted by Crippen LogP contribution is -2.14. The van der Waals surface area contributed by atoms with Gasteiger partial charge in [-0.05, 0) is 17.7 Å². The van der Waals surface area contributed by atoms with Crippen molar-refractivity contribution in [2.45, 2.75) is 6.54 Å². The number of benzene rings is 1. The molecule has 1 aromatic carbocycles. The quantitative estimate of drug-likeness (QED) is 0.596. The Morgan fingerprint density at radius 1 is 1.41 bits per heavy atom. The zero-order valence-corrected chi connectivity index (χ0v) is 9.42. The van der Waals surface area contributed by atoms with E-state index in [9.17, 15) is 0 Å². The summed E-state index contributed by atoms with van der Waals surface area (Å²) >= 11 is 0. The van der Waals surface area contributed by atoms with Crippen LogP contribution in [0.4, 0.5) is 0 Å². The Bertz CT molecular complexity index is 517. The van der Waals surface area contributed by atoms with Gasteiger partial charge in [-0.25, -0.2) is 9.67 Å². The van der Waals surface area contributed by atoms with Crippen molar-refractivity contribution >= 4 is 5.84 Å². The molecule has 6 heteroatoms. The van der Waals surface area contributed by atoms with Gasteiger partial charge in [0.15, 0.2) is 5.84 Å². The van der Waals surface area contributed by atoms with Crippen molar-refractivity contribution in [3.05, 3.63) is 42.0 Å². The van der Waals surface area contributed by atoms with E-state index >= 15 is 0 Å². The van der Waals surface area contributed by atoms with Gasteiger partial charge in [0.05, 0.1) is 13.7 Å².